The van der Waals surface area contributed by atoms with Crippen LogP contribution in [0.3, 0.4) is 0 Å². The van der Waals surface area contributed by atoms with Gasteiger partial charge in [-0.3, -0.25) is 25.2 Å². The Balaban J connectivity index is 1.71. The number of hydrazone groups is 1. The second kappa shape index (κ2) is 7.51. The molecule has 0 radical (unpaired) electrons. The zero-order valence-electron chi connectivity index (χ0n) is 15.2. The van der Waals surface area contributed by atoms with Crippen molar-refractivity contribution in [2.75, 3.05) is 5.01 Å². The SMILES string of the molecule is O=[N+]([O-])c1ccc(C2=NN(c3ccc([N+](=O)[O-])cc3)C(c3ccccc3)C2)cc1. The fraction of sp³-hybridized carbons (Fsp3) is 0.0952. The minimum Gasteiger partial charge on any atom is -0.258 e. The van der Waals surface area contributed by atoms with Crippen molar-refractivity contribution in [3.05, 3.63) is 110 Å². The van der Waals surface area contributed by atoms with Gasteiger partial charge in [0.05, 0.1) is 27.3 Å². The van der Waals surface area contributed by atoms with Gasteiger partial charge in [-0.2, -0.15) is 5.10 Å². The highest BCUT2D eigenvalue weighted by Gasteiger charge is 2.30. The van der Waals surface area contributed by atoms with Crippen LogP contribution in [0.15, 0.2) is 84.0 Å². The molecule has 0 amide bonds. The molecule has 1 atom stereocenters. The number of nitro benzene ring substituents is 2. The second-order valence-corrected chi connectivity index (χ2v) is 6.60. The van der Waals surface area contributed by atoms with Gasteiger partial charge in [-0.25, -0.2) is 0 Å². The van der Waals surface area contributed by atoms with Gasteiger partial charge in [0.2, 0.25) is 0 Å². The molecule has 4 rings (SSSR count). The van der Waals surface area contributed by atoms with Crippen molar-refractivity contribution >= 4 is 22.8 Å². The zero-order chi connectivity index (χ0) is 20.4. The number of benzene rings is 3. The molecule has 8 heteroatoms. The van der Waals surface area contributed by atoms with E-state index in [0.717, 1.165) is 22.5 Å². The molecule has 1 unspecified atom stereocenters. The lowest BCUT2D eigenvalue weighted by Crippen LogP contribution is -2.18. The average molecular weight is 388 g/mol. The number of rotatable bonds is 5. The fourth-order valence-electron chi connectivity index (χ4n) is 3.36. The summed E-state index contributed by atoms with van der Waals surface area (Å²) in [5.74, 6) is 0. The van der Waals surface area contributed by atoms with Gasteiger partial charge in [0.25, 0.3) is 11.4 Å². The van der Waals surface area contributed by atoms with Crippen molar-refractivity contribution in [1.82, 2.24) is 0 Å². The van der Waals surface area contributed by atoms with Gasteiger partial charge in [0.15, 0.2) is 0 Å². The molecule has 8 nitrogen and oxygen atoms in total. The number of nitrogens with zero attached hydrogens (tertiary/aromatic N) is 4. The average Bonchev–Trinajstić information content (AvgIpc) is 3.20. The minimum absolute atomic E-state index is 0.0174. The van der Waals surface area contributed by atoms with E-state index in [4.69, 9.17) is 5.10 Å². The summed E-state index contributed by atoms with van der Waals surface area (Å²) in [6.45, 7) is 0. The minimum atomic E-state index is -0.436. The summed E-state index contributed by atoms with van der Waals surface area (Å²) in [6, 6.07) is 22.4. The lowest BCUT2D eigenvalue weighted by Gasteiger charge is -2.23. The zero-order valence-corrected chi connectivity index (χ0v) is 15.2. The van der Waals surface area contributed by atoms with E-state index in [1.165, 1.54) is 24.3 Å². The van der Waals surface area contributed by atoms with E-state index < -0.39 is 9.85 Å². The highest BCUT2D eigenvalue weighted by Crippen LogP contribution is 2.37. The molecule has 0 saturated heterocycles. The Kier molecular flexibility index (Phi) is 4.74. The van der Waals surface area contributed by atoms with Gasteiger partial charge >= 0.3 is 0 Å². The number of anilines is 1. The van der Waals surface area contributed by atoms with Crippen molar-refractivity contribution in [3.8, 4) is 0 Å². The standard InChI is InChI=1S/C21H16N4O4/c26-24(27)18-8-6-15(7-9-18)20-14-21(16-4-2-1-3-5-16)23(22-20)17-10-12-19(13-11-17)25(28)29/h1-13,21H,14H2. The van der Waals surface area contributed by atoms with Crippen LogP contribution in [-0.4, -0.2) is 15.6 Å². The van der Waals surface area contributed by atoms with Crippen molar-refractivity contribution in [2.45, 2.75) is 12.5 Å². The first-order chi connectivity index (χ1) is 14.0. The monoisotopic (exact) mass is 388 g/mol. The maximum absolute atomic E-state index is 10.9. The third-order valence-corrected chi connectivity index (χ3v) is 4.83. The summed E-state index contributed by atoms with van der Waals surface area (Å²) in [6.07, 6.45) is 0.610. The highest BCUT2D eigenvalue weighted by atomic mass is 16.6. The van der Waals surface area contributed by atoms with Crippen molar-refractivity contribution in [2.24, 2.45) is 5.10 Å². The molecule has 3 aromatic carbocycles. The van der Waals surface area contributed by atoms with Crippen LogP contribution in [0.5, 0.6) is 0 Å². The molecule has 3 aromatic rings. The van der Waals surface area contributed by atoms with Crippen LogP contribution in [-0.2, 0) is 0 Å². The van der Waals surface area contributed by atoms with Gasteiger partial charge in [-0.15, -0.1) is 0 Å². The predicted molar refractivity (Wildman–Crippen MR) is 109 cm³/mol. The summed E-state index contributed by atoms with van der Waals surface area (Å²) >= 11 is 0. The van der Waals surface area contributed by atoms with Gasteiger partial charge in [-0.1, -0.05) is 30.3 Å². The van der Waals surface area contributed by atoms with E-state index in [2.05, 4.69) is 0 Å². The van der Waals surface area contributed by atoms with Crippen LogP contribution >= 0.6 is 0 Å². The number of hydrogen-bond acceptors (Lipinski definition) is 6. The maximum Gasteiger partial charge on any atom is 0.269 e. The Morgan fingerprint density at radius 2 is 1.34 bits per heavy atom. The van der Waals surface area contributed by atoms with E-state index in [0.29, 0.717) is 6.42 Å². The maximum atomic E-state index is 10.9. The number of hydrogen-bond donors (Lipinski definition) is 0. The van der Waals surface area contributed by atoms with E-state index in [1.54, 1.807) is 24.3 Å². The van der Waals surface area contributed by atoms with Crippen molar-refractivity contribution < 1.29 is 9.85 Å². The number of non-ortho nitro benzene ring substituents is 2. The molecule has 0 saturated carbocycles. The van der Waals surface area contributed by atoms with Crippen LogP contribution in [0, 0.1) is 20.2 Å². The van der Waals surface area contributed by atoms with Crippen LogP contribution < -0.4 is 5.01 Å². The summed E-state index contributed by atoms with van der Waals surface area (Å²) in [4.78, 5) is 21.0. The molecule has 1 aliphatic heterocycles. The molecule has 0 N–H and O–H groups in total. The van der Waals surface area contributed by atoms with E-state index in [1.807, 2.05) is 35.3 Å². The predicted octanol–water partition coefficient (Wildman–Crippen LogP) is 4.86. The Hall–Kier alpha value is -4.07. The topological polar surface area (TPSA) is 102 Å². The summed E-state index contributed by atoms with van der Waals surface area (Å²) < 4.78 is 0. The quantitative estimate of drug-likeness (QED) is 0.459. The van der Waals surface area contributed by atoms with Crippen molar-refractivity contribution in [3.63, 3.8) is 0 Å². The summed E-state index contributed by atoms with van der Waals surface area (Å²) in [5, 5.41) is 28.4. The molecular weight excluding hydrogens is 372 g/mol. The molecule has 29 heavy (non-hydrogen) atoms. The molecule has 0 fully saturated rings. The Morgan fingerprint density at radius 3 is 1.90 bits per heavy atom. The lowest BCUT2D eigenvalue weighted by molar-refractivity contribution is -0.385. The fourth-order valence-corrected chi connectivity index (χ4v) is 3.36. The molecule has 0 spiro atoms. The smallest absolute Gasteiger partial charge is 0.258 e. The van der Waals surface area contributed by atoms with Gasteiger partial charge in [0, 0.05) is 30.7 Å². The third-order valence-electron chi connectivity index (χ3n) is 4.83. The third kappa shape index (κ3) is 3.68. The first-order valence-corrected chi connectivity index (χ1v) is 8.94. The van der Waals surface area contributed by atoms with E-state index >= 15 is 0 Å². The lowest BCUT2D eigenvalue weighted by atomic mass is 9.98. The molecule has 1 heterocycles. The van der Waals surface area contributed by atoms with Crippen LogP contribution in [0.4, 0.5) is 17.1 Å². The van der Waals surface area contributed by atoms with Gasteiger partial charge < -0.3 is 0 Å². The van der Waals surface area contributed by atoms with Crippen LogP contribution in [0.25, 0.3) is 0 Å². The molecular formula is C21H16N4O4. The Labute approximate surface area is 166 Å². The van der Waals surface area contributed by atoms with Crippen LogP contribution in [0.2, 0.25) is 0 Å². The molecule has 0 aliphatic carbocycles. The first kappa shape index (κ1) is 18.3. The normalized spacial score (nSPS) is 15.8. The van der Waals surface area contributed by atoms with E-state index in [-0.39, 0.29) is 17.4 Å². The molecule has 1 aliphatic rings. The van der Waals surface area contributed by atoms with Crippen molar-refractivity contribution in [1.29, 1.82) is 0 Å². The van der Waals surface area contributed by atoms with Crippen LogP contribution in [0.1, 0.15) is 23.6 Å². The largest absolute Gasteiger partial charge is 0.269 e. The summed E-state index contributed by atoms with van der Waals surface area (Å²) in [5.41, 5.74) is 3.45. The summed E-state index contributed by atoms with van der Waals surface area (Å²) in [7, 11) is 0. The van der Waals surface area contributed by atoms with E-state index in [9.17, 15) is 20.2 Å². The molecule has 144 valence electrons. The first-order valence-electron chi connectivity index (χ1n) is 8.94. The van der Waals surface area contributed by atoms with Gasteiger partial charge in [0.1, 0.15) is 0 Å². The number of nitro groups is 2. The highest BCUT2D eigenvalue weighted by molar-refractivity contribution is 6.03. The van der Waals surface area contributed by atoms with Gasteiger partial charge in [-0.05, 0) is 35.4 Å². The molecule has 0 bridgehead atoms. The Morgan fingerprint density at radius 1 is 0.793 bits per heavy atom. The Bertz CT molecular complexity index is 1080. The molecule has 0 aromatic heterocycles. The second-order valence-electron chi connectivity index (χ2n) is 6.60.